The monoisotopic (exact) mass is 244 g/mol. The molecule has 88 valence electrons. The van der Waals surface area contributed by atoms with Crippen LogP contribution < -0.4 is 5.73 Å². The van der Waals surface area contributed by atoms with Gasteiger partial charge in [-0.15, -0.1) is 11.8 Å². The first-order valence-corrected chi connectivity index (χ1v) is 6.55. The summed E-state index contributed by atoms with van der Waals surface area (Å²) < 4.78 is 0. The van der Waals surface area contributed by atoms with E-state index in [0.717, 1.165) is 22.2 Å². The zero-order valence-corrected chi connectivity index (χ0v) is 10.9. The number of pyridine rings is 1. The van der Waals surface area contributed by atoms with Crippen LogP contribution in [0.15, 0.2) is 41.4 Å². The minimum absolute atomic E-state index is 0.851. The molecule has 0 atom stereocenters. The molecule has 0 aliphatic heterocycles. The summed E-state index contributed by atoms with van der Waals surface area (Å²) in [7, 11) is 0. The van der Waals surface area contributed by atoms with Crippen molar-refractivity contribution in [3.63, 3.8) is 0 Å². The fraction of sp³-hybridized carbons (Fsp3) is 0.214. The Labute approximate surface area is 106 Å². The molecule has 0 aliphatic carbocycles. The highest BCUT2D eigenvalue weighted by molar-refractivity contribution is 7.98. The summed E-state index contributed by atoms with van der Waals surface area (Å²) in [6.45, 7) is 4.11. The molecule has 0 spiro atoms. The Kier molecular flexibility index (Phi) is 3.69. The van der Waals surface area contributed by atoms with E-state index in [1.54, 1.807) is 11.8 Å². The molecule has 0 unspecified atom stereocenters. The van der Waals surface area contributed by atoms with Crippen molar-refractivity contribution in [3.8, 4) is 0 Å². The number of hydrogen-bond acceptors (Lipinski definition) is 3. The van der Waals surface area contributed by atoms with Gasteiger partial charge in [-0.05, 0) is 43.2 Å². The van der Waals surface area contributed by atoms with Crippen LogP contribution in [-0.4, -0.2) is 4.98 Å². The van der Waals surface area contributed by atoms with Gasteiger partial charge in [-0.2, -0.15) is 0 Å². The number of aryl methyl sites for hydroxylation is 2. The molecule has 2 N–H and O–H groups in total. The summed E-state index contributed by atoms with van der Waals surface area (Å²) in [4.78, 5) is 4.50. The van der Waals surface area contributed by atoms with Crippen molar-refractivity contribution in [2.75, 3.05) is 5.73 Å². The van der Waals surface area contributed by atoms with Gasteiger partial charge in [-0.3, -0.25) is 0 Å². The number of nitrogens with two attached hydrogens (primary N) is 1. The number of anilines is 1. The highest BCUT2D eigenvalue weighted by Gasteiger charge is 2.02. The van der Waals surface area contributed by atoms with Gasteiger partial charge in [0, 0.05) is 17.1 Å². The molecule has 0 bridgehead atoms. The van der Waals surface area contributed by atoms with Crippen LogP contribution in [0.3, 0.4) is 0 Å². The Morgan fingerprint density at radius 2 is 1.94 bits per heavy atom. The van der Waals surface area contributed by atoms with Gasteiger partial charge in [0.15, 0.2) is 0 Å². The van der Waals surface area contributed by atoms with Crippen molar-refractivity contribution in [2.45, 2.75) is 24.6 Å². The summed E-state index contributed by atoms with van der Waals surface area (Å²) in [5.41, 5.74) is 10.2. The van der Waals surface area contributed by atoms with E-state index in [2.05, 4.69) is 30.1 Å². The minimum Gasteiger partial charge on any atom is -0.398 e. The lowest BCUT2D eigenvalue weighted by molar-refractivity contribution is 1.05. The maximum atomic E-state index is 5.91. The summed E-state index contributed by atoms with van der Waals surface area (Å²) in [5.74, 6) is 0.864. The van der Waals surface area contributed by atoms with Gasteiger partial charge in [0.25, 0.3) is 0 Å². The Morgan fingerprint density at radius 3 is 2.65 bits per heavy atom. The number of nitrogens with zero attached hydrogens (tertiary/aromatic N) is 1. The van der Waals surface area contributed by atoms with Crippen LogP contribution >= 0.6 is 11.8 Å². The normalized spacial score (nSPS) is 10.5. The smallest absolute Gasteiger partial charge is 0.0968 e. The Bertz CT molecular complexity index is 503. The number of benzene rings is 1. The number of thioether (sulfide) groups is 1. The number of aromatic nitrogens is 1. The molecule has 0 fully saturated rings. The van der Waals surface area contributed by atoms with E-state index < -0.39 is 0 Å². The first-order valence-electron chi connectivity index (χ1n) is 5.56. The van der Waals surface area contributed by atoms with Crippen LogP contribution in [0.1, 0.15) is 16.8 Å². The molecule has 0 saturated carbocycles. The Balaban J connectivity index is 2.10. The van der Waals surface area contributed by atoms with Crippen LogP contribution in [0.5, 0.6) is 0 Å². The van der Waals surface area contributed by atoms with Crippen LogP contribution in [0.25, 0.3) is 0 Å². The molecule has 0 radical (unpaired) electrons. The quantitative estimate of drug-likeness (QED) is 0.662. The molecule has 2 rings (SSSR count). The third-order valence-corrected chi connectivity index (χ3v) is 3.47. The first-order chi connectivity index (χ1) is 8.15. The molecular weight excluding hydrogens is 228 g/mol. The average Bonchev–Trinajstić information content (AvgIpc) is 2.27. The highest BCUT2D eigenvalue weighted by Crippen LogP contribution is 2.24. The fourth-order valence-corrected chi connectivity index (χ4v) is 2.74. The summed E-state index contributed by atoms with van der Waals surface area (Å²) in [5, 5.41) is 1.06. The molecule has 2 nitrogen and oxygen atoms in total. The SMILES string of the molecule is Cc1cc(C)nc(SCc2ccccc2N)c1. The van der Waals surface area contributed by atoms with E-state index in [4.69, 9.17) is 5.73 Å². The molecule has 1 heterocycles. The van der Waals surface area contributed by atoms with E-state index >= 15 is 0 Å². The van der Waals surface area contributed by atoms with Crippen LogP contribution in [-0.2, 0) is 5.75 Å². The lowest BCUT2D eigenvalue weighted by Crippen LogP contribution is -1.92. The molecule has 0 amide bonds. The molecule has 0 aliphatic rings. The summed E-state index contributed by atoms with van der Waals surface area (Å²) >= 11 is 1.72. The van der Waals surface area contributed by atoms with Crippen LogP contribution in [0.4, 0.5) is 5.69 Å². The van der Waals surface area contributed by atoms with Gasteiger partial charge in [0.05, 0.1) is 5.03 Å². The largest absolute Gasteiger partial charge is 0.398 e. The molecule has 2 aromatic rings. The molecule has 3 heteroatoms. The van der Waals surface area contributed by atoms with E-state index in [9.17, 15) is 0 Å². The zero-order valence-electron chi connectivity index (χ0n) is 10.1. The topological polar surface area (TPSA) is 38.9 Å². The van der Waals surface area contributed by atoms with Crippen LogP contribution in [0.2, 0.25) is 0 Å². The lowest BCUT2D eigenvalue weighted by atomic mass is 10.2. The van der Waals surface area contributed by atoms with Crippen molar-refractivity contribution in [3.05, 3.63) is 53.2 Å². The van der Waals surface area contributed by atoms with Crippen molar-refractivity contribution in [2.24, 2.45) is 0 Å². The van der Waals surface area contributed by atoms with E-state index in [1.165, 1.54) is 11.1 Å². The number of rotatable bonds is 3. The molecule has 1 aromatic carbocycles. The third-order valence-electron chi connectivity index (χ3n) is 2.50. The highest BCUT2D eigenvalue weighted by atomic mass is 32.2. The summed E-state index contributed by atoms with van der Waals surface area (Å²) in [6, 6.07) is 12.2. The fourth-order valence-electron chi connectivity index (χ4n) is 1.70. The zero-order chi connectivity index (χ0) is 12.3. The maximum absolute atomic E-state index is 5.91. The second kappa shape index (κ2) is 5.23. The van der Waals surface area contributed by atoms with Gasteiger partial charge >= 0.3 is 0 Å². The van der Waals surface area contributed by atoms with E-state index in [1.807, 2.05) is 25.1 Å². The van der Waals surface area contributed by atoms with Crippen LogP contribution in [0, 0.1) is 13.8 Å². The molecule has 0 saturated heterocycles. The van der Waals surface area contributed by atoms with Gasteiger partial charge in [-0.1, -0.05) is 18.2 Å². The second-order valence-corrected chi connectivity index (χ2v) is 5.11. The third kappa shape index (κ3) is 3.24. The van der Waals surface area contributed by atoms with Crippen molar-refractivity contribution in [1.29, 1.82) is 0 Å². The Hall–Kier alpha value is -1.48. The van der Waals surface area contributed by atoms with Crippen molar-refractivity contribution in [1.82, 2.24) is 4.98 Å². The predicted octanol–water partition coefficient (Wildman–Crippen LogP) is 3.57. The average molecular weight is 244 g/mol. The first kappa shape index (κ1) is 12.0. The van der Waals surface area contributed by atoms with Gasteiger partial charge in [-0.25, -0.2) is 4.98 Å². The number of para-hydroxylation sites is 1. The summed E-state index contributed by atoms with van der Waals surface area (Å²) in [6.07, 6.45) is 0. The van der Waals surface area contributed by atoms with Gasteiger partial charge in [0.2, 0.25) is 0 Å². The minimum atomic E-state index is 0.851. The predicted molar refractivity (Wildman–Crippen MR) is 74.1 cm³/mol. The molecule has 1 aromatic heterocycles. The van der Waals surface area contributed by atoms with Gasteiger partial charge in [0.1, 0.15) is 0 Å². The second-order valence-electron chi connectivity index (χ2n) is 4.11. The Morgan fingerprint density at radius 1 is 1.18 bits per heavy atom. The number of hydrogen-bond donors (Lipinski definition) is 1. The molecular formula is C14H16N2S. The van der Waals surface area contributed by atoms with Crippen molar-refractivity contribution >= 4 is 17.4 Å². The van der Waals surface area contributed by atoms with E-state index in [0.29, 0.717) is 0 Å². The lowest BCUT2D eigenvalue weighted by Gasteiger charge is -2.06. The maximum Gasteiger partial charge on any atom is 0.0968 e. The van der Waals surface area contributed by atoms with E-state index in [-0.39, 0.29) is 0 Å². The standard InChI is InChI=1S/C14H16N2S/c1-10-7-11(2)16-14(8-10)17-9-12-5-3-4-6-13(12)15/h3-8H,9,15H2,1-2H3. The molecule has 17 heavy (non-hydrogen) atoms. The van der Waals surface area contributed by atoms with Crippen molar-refractivity contribution < 1.29 is 0 Å². The van der Waals surface area contributed by atoms with Gasteiger partial charge < -0.3 is 5.73 Å². The number of nitrogen functional groups attached to an aromatic ring is 1.